The van der Waals surface area contributed by atoms with Crippen molar-refractivity contribution in [2.75, 3.05) is 13.2 Å². The van der Waals surface area contributed by atoms with Crippen LogP contribution in [0.5, 0.6) is 28.7 Å². The van der Waals surface area contributed by atoms with Gasteiger partial charge in [0.25, 0.3) is 0 Å². The fourth-order valence-corrected chi connectivity index (χ4v) is 11.6. The highest BCUT2D eigenvalue weighted by atomic mass is 16.3. The Hall–Kier alpha value is -5.12. The van der Waals surface area contributed by atoms with Crippen LogP contribution in [0.3, 0.4) is 0 Å². The van der Waals surface area contributed by atoms with E-state index in [2.05, 4.69) is 46.7 Å². The van der Waals surface area contributed by atoms with Crippen LogP contribution in [0.4, 0.5) is 0 Å². The molecule has 0 amide bonds. The van der Waals surface area contributed by atoms with Crippen molar-refractivity contribution in [3.05, 3.63) is 101 Å². The van der Waals surface area contributed by atoms with Crippen molar-refractivity contribution in [1.29, 1.82) is 0 Å². The fraction of sp³-hybridized carbons (Fsp3) is 0.391. The Balaban J connectivity index is 0.939. The molecular formula is C46H49N3O6. The first-order chi connectivity index (χ1) is 26.7. The summed E-state index contributed by atoms with van der Waals surface area (Å²) in [7, 11) is 0. The van der Waals surface area contributed by atoms with Crippen molar-refractivity contribution in [3.63, 3.8) is 0 Å². The zero-order valence-corrected chi connectivity index (χ0v) is 30.9. The predicted octanol–water partition coefficient (Wildman–Crippen LogP) is 7.65. The summed E-state index contributed by atoms with van der Waals surface area (Å²) < 4.78 is 0. The third kappa shape index (κ3) is 5.90. The second-order valence-corrected chi connectivity index (χ2v) is 16.6. The minimum Gasteiger partial charge on any atom is -0.507 e. The standard InChI is InChI=1S/C46H49N3O6/c50-36-18-11-28(20-39(36)53)10-16-33-34-2-1-3-37(51)41(34)43(55)42(54)35(33)17-9-27-4-6-29(7-5-27)23-47-25-45(40-24-48-26-49-40)21-30-8-12-31-13-14-32-15-19-38(52)44(45)46(31,32)22-30/h1-8,10-12,16,18,20,24,30-32,38,44,47,50-55H,9,13-15,17,19,21-23,25-26H2. The Kier molecular flexibility index (Phi) is 8.97. The number of nitrogens with one attached hydrogen (secondary N) is 1. The second kappa shape index (κ2) is 13.9. The molecule has 0 radical (unpaired) electrons. The summed E-state index contributed by atoms with van der Waals surface area (Å²) >= 11 is 0. The first-order valence-corrected chi connectivity index (χ1v) is 19.8. The van der Waals surface area contributed by atoms with Crippen molar-refractivity contribution in [1.82, 2.24) is 5.32 Å². The molecule has 0 saturated heterocycles. The van der Waals surface area contributed by atoms with Crippen LogP contribution in [0, 0.1) is 34.5 Å². The molecular weight excluding hydrogens is 691 g/mol. The van der Waals surface area contributed by atoms with Gasteiger partial charge in [-0.25, -0.2) is 0 Å². The molecule has 7 unspecified atom stereocenters. The normalized spacial score (nSPS) is 29.3. The minimum absolute atomic E-state index is 0.137. The summed E-state index contributed by atoms with van der Waals surface area (Å²) in [5, 5.41) is 69.1. The van der Waals surface area contributed by atoms with Gasteiger partial charge in [-0.2, -0.15) is 0 Å². The number of phenols is 5. The number of aromatic hydroxyl groups is 5. The van der Waals surface area contributed by atoms with E-state index < -0.39 is 0 Å². The van der Waals surface area contributed by atoms with Gasteiger partial charge in [0.15, 0.2) is 23.0 Å². The number of aryl methyl sites for hydroxylation is 1. The van der Waals surface area contributed by atoms with Crippen LogP contribution in [-0.2, 0) is 19.4 Å². The van der Waals surface area contributed by atoms with Gasteiger partial charge in [-0.05, 0) is 120 Å². The first-order valence-electron chi connectivity index (χ1n) is 19.8. The van der Waals surface area contributed by atoms with Gasteiger partial charge < -0.3 is 36.0 Å². The van der Waals surface area contributed by atoms with E-state index in [4.69, 9.17) is 4.99 Å². The average molecular weight is 740 g/mol. The summed E-state index contributed by atoms with van der Waals surface area (Å²) in [6.07, 6.45) is 17.8. The number of hydrogen-bond acceptors (Lipinski definition) is 9. The molecule has 55 heavy (non-hydrogen) atoms. The lowest BCUT2D eigenvalue weighted by atomic mass is 9.40. The smallest absolute Gasteiger partial charge is 0.169 e. The van der Waals surface area contributed by atoms with Crippen LogP contribution in [0.2, 0.25) is 0 Å². The summed E-state index contributed by atoms with van der Waals surface area (Å²) in [5.41, 5.74) is 4.96. The topological polar surface area (TPSA) is 158 Å². The molecule has 1 spiro atoms. The van der Waals surface area contributed by atoms with Crippen molar-refractivity contribution < 1.29 is 30.6 Å². The SMILES string of the molecule is Oc1ccc(C=Cc2c(CCc3ccc(CNCC4(C5=NCN=C5)CC5C=CC6CCC7CCC(O)C4C67C5)cc3)c(O)c(O)c3c(O)cccc23)cc1O. The van der Waals surface area contributed by atoms with Crippen molar-refractivity contribution in [2.45, 2.75) is 64.0 Å². The third-order valence-corrected chi connectivity index (χ3v) is 13.9. The molecule has 2 bridgehead atoms. The zero-order chi connectivity index (χ0) is 37.9. The number of aliphatic hydroxyl groups is 1. The van der Waals surface area contributed by atoms with Crippen molar-refractivity contribution in [3.8, 4) is 28.7 Å². The van der Waals surface area contributed by atoms with Crippen LogP contribution in [0.25, 0.3) is 22.9 Å². The predicted molar refractivity (Wildman–Crippen MR) is 216 cm³/mol. The van der Waals surface area contributed by atoms with E-state index in [9.17, 15) is 30.6 Å². The number of allylic oxidation sites excluding steroid dienone is 2. The number of nitrogens with zero attached hydrogens (tertiary/aromatic N) is 2. The van der Waals surface area contributed by atoms with Crippen LogP contribution in [0.15, 0.2) is 82.8 Å². The Morgan fingerprint density at radius 3 is 2.40 bits per heavy atom. The largest absolute Gasteiger partial charge is 0.507 e. The van der Waals surface area contributed by atoms with Gasteiger partial charge in [0.05, 0.1) is 17.2 Å². The zero-order valence-electron chi connectivity index (χ0n) is 30.9. The van der Waals surface area contributed by atoms with Gasteiger partial charge in [0, 0.05) is 36.2 Å². The average Bonchev–Trinajstić information content (AvgIpc) is 3.86. The van der Waals surface area contributed by atoms with Crippen LogP contribution < -0.4 is 5.32 Å². The number of rotatable bonds is 10. The Morgan fingerprint density at radius 1 is 0.782 bits per heavy atom. The van der Waals surface area contributed by atoms with Crippen molar-refractivity contribution >= 4 is 34.9 Å². The van der Waals surface area contributed by atoms with E-state index in [0.29, 0.717) is 65.9 Å². The van der Waals surface area contributed by atoms with Crippen LogP contribution in [-0.4, -0.2) is 61.9 Å². The number of aliphatic imine (C=N–C) groups is 2. The molecule has 3 fully saturated rings. The monoisotopic (exact) mass is 739 g/mol. The van der Waals surface area contributed by atoms with Crippen LogP contribution >= 0.6 is 0 Å². The van der Waals surface area contributed by atoms with Crippen molar-refractivity contribution in [2.24, 2.45) is 44.5 Å². The highest BCUT2D eigenvalue weighted by molar-refractivity contribution is 6.34. The Labute approximate surface area is 321 Å². The maximum absolute atomic E-state index is 11.9. The number of benzene rings is 4. The summed E-state index contributed by atoms with van der Waals surface area (Å²) in [4.78, 5) is 9.51. The molecule has 3 saturated carbocycles. The molecule has 7 atom stereocenters. The lowest BCUT2D eigenvalue weighted by Crippen LogP contribution is -2.65. The molecule has 9 rings (SSSR count). The Bertz CT molecular complexity index is 2260. The highest BCUT2D eigenvalue weighted by Crippen LogP contribution is 2.71. The molecule has 284 valence electrons. The lowest BCUT2D eigenvalue weighted by Gasteiger charge is -2.64. The van der Waals surface area contributed by atoms with E-state index in [-0.39, 0.29) is 57.0 Å². The minimum atomic E-state index is -0.367. The van der Waals surface area contributed by atoms with Gasteiger partial charge in [-0.1, -0.05) is 66.8 Å². The quantitative estimate of drug-likeness (QED) is 0.0500. The first kappa shape index (κ1) is 35.6. The molecule has 7 N–H and O–H groups in total. The lowest BCUT2D eigenvalue weighted by molar-refractivity contribution is -0.150. The van der Waals surface area contributed by atoms with Gasteiger partial charge in [-0.3, -0.25) is 9.98 Å². The van der Waals surface area contributed by atoms with Gasteiger partial charge in [0.2, 0.25) is 0 Å². The highest BCUT2D eigenvalue weighted by Gasteiger charge is 2.68. The molecule has 0 aromatic heterocycles. The van der Waals surface area contributed by atoms with E-state index in [0.717, 1.165) is 42.6 Å². The molecule has 9 heteroatoms. The Morgan fingerprint density at radius 2 is 1.60 bits per heavy atom. The number of aliphatic hydroxyl groups excluding tert-OH is 1. The molecule has 4 aliphatic carbocycles. The number of fused-ring (bicyclic) bond motifs is 2. The summed E-state index contributed by atoms with van der Waals surface area (Å²) in [5.74, 6) is 0.595. The number of hydrogen-bond donors (Lipinski definition) is 7. The summed E-state index contributed by atoms with van der Waals surface area (Å²) in [6, 6.07) is 17.9. The third-order valence-electron chi connectivity index (χ3n) is 13.9. The molecule has 4 aromatic carbocycles. The molecule has 5 aliphatic rings. The maximum atomic E-state index is 11.9. The van der Waals surface area contributed by atoms with Gasteiger partial charge in [0.1, 0.15) is 12.4 Å². The molecule has 9 nitrogen and oxygen atoms in total. The summed E-state index contributed by atoms with van der Waals surface area (Å²) in [6.45, 7) is 1.90. The van der Waals surface area contributed by atoms with E-state index >= 15 is 0 Å². The number of phenolic OH excluding ortho intramolecular Hbond substituents is 5. The van der Waals surface area contributed by atoms with E-state index in [1.54, 1.807) is 30.4 Å². The molecule has 4 aromatic rings. The van der Waals surface area contributed by atoms with Gasteiger partial charge >= 0.3 is 0 Å². The molecule has 1 aliphatic heterocycles. The second-order valence-electron chi connectivity index (χ2n) is 16.6. The molecule has 1 heterocycles. The van der Waals surface area contributed by atoms with E-state index in [1.165, 1.54) is 37.5 Å². The van der Waals surface area contributed by atoms with Gasteiger partial charge in [-0.15, -0.1) is 0 Å². The van der Waals surface area contributed by atoms with E-state index in [1.807, 2.05) is 6.21 Å². The maximum Gasteiger partial charge on any atom is 0.169 e. The fourth-order valence-electron chi connectivity index (χ4n) is 11.6. The van der Waals surface area contributed by atoms with Crippen LogP contribution in [0.1, 0.15) is 66.3 Å².